The molecule has 1 heterocycles. The molecule has 0 aliphatic rings. The summed E-state index contributed by atoms with van der Waals surface area (Å²) in [6.07, 6.45) is -0.614. The van der Waals surface area contributed by atoms with Gasteiger partial charge in [-0.3, -0.25) is 0 Å². The van der Waals surface area contributed by atoms with Crippen molar-refractivity contribution in [2.75, 3.05) is 4.90 Å². The molecule has 2 rings (SSSR count). The van der Waals surface area contributed by atoms with Gasteiger partial charge in [0.05, 0.1) is 5.69 Å². The predicted molar refractivity (Wildman–Crippen MR) is 86.9 cm³/mol. The fourth-order valence-corrected chi connectivity index (χ4v) is 2.08. The van der Waals surface area contributed by atoms with Crippen LogP contribution in [0.3, 0.4) is 0 Å². The molecule has 0 spiro atoms. The second-order valence-corrected chi connectivity index (χ2v) is 6.24. The first-order valence-electron chi connectivity index (χ1n) is 6.54. The van der Waals surface area contributed by atoms with Crippen molar-refractivity contribution in [3.05, 3.63) is 46.7 Å². The SMILES string of the molecule is CC(C)(C)OC(=O)N(c1ccccc1)c1nc(Cl)cc(Cl)n1. The monoisotopic (exact) mass is 339 g/mol. The molecule has 116 valence electrons. The van der Waals surface area contributed by atoms with Crippen molar-refractivity contribution in [1.29, 1.82) is 0 Å². The summed E-state index contributed by atoms with van der Waals surface area (Å²) in [7, 11) is 0. The summed E-state index contributed by atoms with van der Waals surface area (Å²) in [6.45, 7) is 5.33. The van der Waals surface area contributed by atoms with Crippen molar-refractivity contribution in [3.8, 4) is 0 Å². The second kappa shape index (κ2) is 6.50. The maximum absolute atomic E-state index is 12.5. The molecule has 0 bridgehead atoms. The first-order valence-corrected chi connectivity index (χ1v) is 7.30. The molecular weight excluding hydrogens is 325 g/mol. The van der Waals surface area contributed by atoms with Crippen LogP contribution in [0.4, 0.5) is 16.4 Å². The molecule has 0 unspecified atom stereocenters. The quantitative estimate of drug-likeness (QED) is 0.733. The minimum Gasteiger partial charge on any atom is -0.443 e. The topological polar surface area (TPSA) is 55.3 Å². The van der Waals surface area contributed by atoms with Gasteiger partial charge in [-0.1, -0.05) is 41.4 Å². The van der Waals surface area contributed by atoms with E-state index in [1.165, 1.54) is 11.0 Å². The summed E-state index contributed by atoms with van der Waals surface area (Å²) in [5.74, 6) is 0.0537. The molecule has 0 aliphatic heterocycles. The van der Waals surface area contributed by atoms with E-state index >= 15 is 0 Å². The zero-order chi connectivity index (χ0) is 16.3. The van der Waals surface area contributed by atoms with Gasteiger partial charge in [0.2, 0.25) is 5.95 Å². The molecule has 1 aromatic carbocycles. The molecule has 7 heteroatoms. The highest BCUT2D eigenvalue weighted by Gasteiger charge is 2.27. The van der Waals surface area contributed by atoms with E-state index in [0.29, 0.717) is 5.69 Å². The highest BCUT2D eigenvalue weighted by molar-refractivity contribution is 6.33. The molecule has 0 saturated heterocycles. The Morgan fingerprint density at radius 2 is 1.64 bits per heavy atom. The number of aromatic nitrogens is 2. The molecule has 2 aromatic rings. The molecule has 5 nitrogen and oxygen atoms in total. The van der Waals surface area contributed by atoms with Gasteiger partial charge in [0.25, 0.3) is 0 Å². The Morgan fingerprint density at radius 3 is 2.14 bits per heavy atom. The van der Waals surface area contributed by atoms with Crippen LogP contribution < -0.4 is 4.90 Å². The van der Waals surface area contributed by atoms with Gasteiger partial charge in [-0.25, -0.2) is 19.7 Å². The summed E-state index contributed by atoms with van der Waals surface area (Å²) in [4.78, 5) is 21.9. The summed E-state index contributed by atoms with van der Waals surface area (Å²) >= 11 is 11.8. The summed E-state index contributed by atoms with van der Waals surface area (Å²) < 4.78 is 5.41. The van der Waals surface area contributed by atoms with Crippen molar-refractivity contribution < 1.29 is 9.53 Å². The van der Waals surface area contributed by atoms with Gasteiger partial charge in [0, 0.05) is 6.07 Å². The number of hydrogen-bond donors (Lipinski definition) is 0. The van der Waals surface area contributed by atoms with Crippen LogP contribution in [0.5, 0.6) is 0 Å². The summed E-state index contributed by atoms with van der Waals surface area (Å²) in [6, 6.07) is 10.3. The van der Waals surface area contributed by atoms with Crippen LogP contribution in [-0.2, 0) is 4.74 Å². The Balaban J connectivity index is 2.48. The Hall–Kier alpha value is -1.85. The predicted octanol–water partition coefficient (Wildman–Crippen LogP) is 4.86. The standard InChI is InChI=1S/C15H15Cl2N3O2/c1-15(2,3)22-14(21)20(10-7-5-4-6-8-10)13-18-11(16)9-12(17)19-13/h4-9H,1-3H3. The molecule has 1 amide bonds. The number of nitrogens with zero attached hydrogens (tertiary/aromatic N) is 3. The third-order valence-corrected chi connectivity index (χ3v) is 2.83. The van der Waals surface area contributed by atoms with Crippen LogP contribution in [-0.4, -0.2) is 21.7 Å². The number of para-hydroxylation sites is 1. The third kappa shape index (κ3) is 4.32. The average Bonchev–Trinajstić information content (AvgIpc) is 2.36. The van der Waals surface area contributed by atoms with Gasteiger partial charge in [0.15, 0.2) is 0 Å². The van der Waals surface area contributed by atoms with E-state index in [0.717, 1.165) is 0 Å². The Morgan fingerprint density at radius 1 is 1.09 bits per heavy atom. The molecule has 0 N–H and O–H groups in total. The van der Waals surface area contributed by atoms with E-state index in [2.05, 4.69) is 9.97 Å². The first kappa shape index (κ1) is 16.5. The number of amides is 1. The van der Waals surface area contributed by atoms with E-state index in [4.69, 9.17) is 27.9 Å². The van der Waals surface area contributed by atoms with E-state index in [1.54, 1.807) is 45.0 Å². The highest BCUT2D eigenvalue weighted by Crippen LogP contribution is 2.27. The molecular formula is C15H15Cl2N3O2. The molecule has 0 radical (unpaired) electrons. The number of carbonyl (C=O) groups excluding carboxylic acids is 1. The van der Waals surface area contributed by atoms with E-state index < -0.39 is 11.7 Å². The molecule has 22 heavy (non-hydrogen) atoms. The van der Waals surface area contributed by atoms with Gasteiger partial charge in [-0.15, -0.1) is 0 Å². The lowest BCUT2D eigenvalue weighted by Crippen LogP contribution is -2.34. The smallest absolute Gasteiger partial charge is 0.421 e. The molecule has 1 aromatic heterocycles. The van der Waals surface area contributed by atoms with Crippen LogP contribution in [0.2, 0.25) is 10.3 Å². The largest absolute Gasteiger partial charge is 0.443 e. The molecule has 0 saturated carbocycles. The summed E-state index contributed by atoms with van der Waals surface area (Å²) in [5.41, 5.74) is -0.109. The van der Waals surface area contributed by atoms with Gasteiger partial charge in [-0.05, 0) is 32.9 Å². The Labute approximate surface area is 138 Å². The van der Waals surface area contributed by atoms with Gasteiger partial charge in [-0.2, -0.15) is 0 Å². The number of ether oxygens (including phenoxy) is 1. The van der Waals surface area contributed by atoms with Crippen molar-refractivity contribution in [3.63, 3.8) is 0 Å². The first-order chi connectivity index (χ1) is 10.3. The number of hydrogen-bond acceptors (Lipinski definition) is 4. The maximum atomic E-state index is 12.5. The van der Waals surface area contributed by atoms with Gasteiger partial charge >= 0.3 is 6.09 Å². The fraction of sp³-hybridized carbons (Fsp3) is 0.267. The Bertz CT molecular complexity index is 652. The summed E-state index contributed by atoms with van der Waals surface area (Å²) in [5, 5.41) is 0.277. The van der Waals surface area contributed by atoms with Crippen molar-refractivity contribution in [2.24, 2.45) is 0 Å². The van der Waals surface area contributed by atoms with Crippen LogP contribution >= 0.6 is 23.2 Å². The normalized spacial score (nSPS) is 11.1. The molecule has 0 atom stereocenters. The number of halogens is 2. The lowest BCUT2D eigenvalue weighted by Gasteiger charge is -2.26. The van der Waals surface area contributed by atoms with Crippen LogP contribution in [0, 0.1) is 0 Å². The second-order valence-electron chi connectivity index (χ2n) is 5.46. The minimum atomic E-state index is -0.660. The van der Waals surface area contributed by atoms with Crippen LogP contribution in [0.15, 0.2) is 36.4 Å². The Kier molecular flexibility index (Phi) is 4.88. The highest BCUT2D eigenvalue weighted by atomic mass is 35.5. The van der Waals surface area contributed by atoms with Crippen LogP contribution in [0.25, 0.3) is 0 Å². The average molecular weight is 340 g/mol. The van der Waals surface area contributed by atoms with Crippen LogP contribution in [0.1, 0.15) is 20.8 Å². The minimum absolute atomic E-state index is 0.0537. The van der Waals surface area contributed by atoms with E-state index in [-0.39, 0.29) is 16.3 Å². The number of carbonyl (C=O) groups is 1. The van der Waals surface area contributed by atoms with Crippen molar-refractivity contribution >= 4 is 40.9 Å². The number of benzene rings is 1. The zero-order valence-electron chi connectivity index (χ0n) is 12.4. The van der Waals surface area contributed by atoms with Crippen molar-refractivity contribution in [1.82, 2.24) is 9.97 Å². The maximum Gasteiger partial charge on any atom is 0.421 e. The van der Waals surface area contributed by atoms with Crippen molar-refractivity contribution in [2.45, 2.75) is 26.4 Å². The fourth-order valence-electron chi connectivity index (χ4n) is 1.67. The molecule has 0 aliphatic carbocycles. The lowest BCUT2D eigenvalue weighted by atomic mass is 10.2. The van der Waals surface area contributed by atoms with Gasteiger partial charge < -0.3 is 4.74 Å². The van der Waals surface area contributed by atoms with Gasteiger partial charge in [0.1, 0.15) is 15.9 Å². The third-order valence-electron chi connectivity index (χ3n) is 2.44. The zero-order valence-corrected chi connectivity index (χ0v) is 13.9. The van der Waals surface area contributed by atoms with E-state index in [1.807, 2.05) is 6.07 Å². The number of rotatable bonds is 2. The molecule has 0 fully saturated rings. The number of anilines is 2. The van der Waals surface area contributed by atoms with E-state index in [9.17, 15) is 4.79 Å². The lowest BCUT2D eigenvalue weighted by molar-refractivity contribution is 0.0597.